The highest BCUT2D eigenvalue weighted by molar-refractivity contribution is 6.04. The van der Waals surface area contributed by atoms with Gasteiger partial charge in [0, 0.05) is 13.1 Å². The number of carbonyl (C=O) groups excluding carboxylic acids is 1. The number of piperidine rings is 1. The van der Waals surface area contributed by atoms with Gasteiger partial charge in [-0.1, -0.05) is 12.1 Å². The lowest BCUT2D eigenvalue weighted by molar-refractivity contribution is 0.102. The molecule has 0 spiro atoms. The molecule has 0 bridgehead atoms. The third-order valence-corrected chi connectivity index (χ3v) is 3.96. The maximum Gasteiger partial charge on any atom is 0.260 e. The van der Waals surface area contributed by atoms with Gasteiger partial charge in [0.2, 0.25) is 5.95 Å². The first-order valence-electron chi connectivity index (χ1n) is 7.43. The van der Waals surface area contributed by atoms with Crippen molar-refractivity contribution in [2.45, 2.75) is 26.7 Å². The Balaban J connectivity index is 1.64. The number of carbonyl (C=O) groups is 1. The van der Waals surface area contributed by atoms with Gasteiger partial charge in [0.15, 0.2) is 0 Å². The van der Waals surface area contributed by atoms with Gasteiger partial charge in [0.25, 0.3) is 5.91 Å². The molecule has 3 heterocycles. The van der Waals surface area contributed by atoms with Gasteiger partial charge in [0.05, 0.1) is 24.3 Å². The standard InChI is InChI=1S/C15H19N5O2/c1-10-3-5-20(6-4-10)15-16-7-12(8-17-15)19-14(21)13-9-18-22-11(13)2/h7-10H,3-6H2,1-2H3,(H,19,21). The second-order valence-corrected chi connectivity index (χ2v) is 5.69. The van der Waals surface area contributed by atoms with Crippen molar-refractivity contribution in [1.29, 1.82) is 0 Å². The Morgan fingerprint density at radius 3 is 2.55 bits per heavy atom. The second-order valence-electron chi connectivity index (χ2n) is 5.69. The summed E-state index contributed by atoms with van der Waals surface area (Å²) < 4.78 is 4.88. The van der Waals surface area contributed by atoms with E-state index in [-0.39, 0.29) is 5.91 Å². The molecule has 7 heteroatoms. The maximum atomic E-state index is 12.0. The molecular formula is C15H19N5O2. The number of rotatable bonds is 3. The fourth-order valence-corrected chi connectivity index (χ4v) is 2.47. The number of amides is 1. The molecule has 1 fully saturated rings. The molecule has 0 radical (unpaired) electrons. The summed E-state index contributed by atoms with van der Waals surface area (Å²) in [4.78, 5) is 22.9. The Hall–Kier alpha value is -2.44. The summed E-state index contributed by atoms with van der Waals surface area (Å²) in [5.41, 5.74) is 0.967. The van der Waals surface area contributed by atoms with Crippen LogP contribution in [0, 0.1) is 12.8 Å². The van der Waals surface area contributed by atoms with Crippen LogP contribution in [0.5, 0.6) is 0 Å². The van der Waals surface area contributed by atoms with Crippen LogP contribution in [-0.2, 0) is 0 Å². The van der Waals surface area contributed by atoms with E-state index in [1.165, 1.54) is 6.20 Å². The molecule has 1 N–H and O–H groups in total. The summed E-state index contributed by atoms with van der Waals surface area (Å²) in [6.45, 7) is 5.92. The monoisotopic (exact) mass is 301 g/mol. The molecule has 116 valence electrons. The van der Waals surface area contributed by atoms with Gasteiger partial charge in [-0.05, 0) is 25.7 Å². The number of nitrogens with zero attached hydrogens (tertiary/aromatic N) is 4. The van der Waals surface area contributed by atoms with Crippen LogP contribution >= 0.6 is 0 Å². The molecule has 1 amide bonds. The first-order chi connectivity index (χ1) is 10.6. The Labute approximate surface area is 128 Å². The van der Waals surface area contributed by atoms with Crippen molar-refractivity contribution in [3.8, 4) is 0 Å². The molecule has 0 atom stereocenters. The van der Waals surface area contributed by atoms with Crippen molar-refractivity contribution < 1.29 is 9.32 Å². The van der Waals surface area contributed by atoms with E-state index in [2.05, 4.69) is 32.3 Å². The minimum absolute atomic E-state index is 0.276. The van der Waals surface area contributed by atoms with Crippen LogP contribution in [0.25, 0.3) is 0 Å². The zero-order valence-electron chi connectivity index (χ0n) is 12.7. The summed E-state index contributed by atoms with van der Waals surface area (Å²) in [6, 6.07) is 0. The van der Waals surface area contributed by atoms with Crippen LogP contribution in [0.4, 0.5) is 11.6 Å². The normalized spacial score (nSPS) is 15.8. The van der Waals surface area contributed by atoms with Gasteiger partial charge >= 0.3 is 0 Å². The SMILES string of the molecule is Cc1oncc1C(=O)Nc1cnc(N2CCC(C)CC2)nc1. The lowest BCUT2D eigenvalue weighted by Crippen LogP contribution is -2.34. The van der Waals surface area contributed by atoms with Crippen molar-refractivity contribution >= 4 is 17.5 Å². The molecule has 2 aromatic rings. The fourth-order valence-electron chi connectivity index (χ4n) is 2.47. The number of anilines is 2. The van der Waals surface area contributed by atoms with Gasteiger partial charge < -0.3 is 14.7 Å². The van der Waals surface area contributed by atoms with E-state index in [1.54, 1.807) is 19.3 Å². The predicted octanol–water partition coefficient (Wildman–Crippen LogP) is 2.26. The summed E-state index contributed by atoms with van der Waals surface area (Å²) in [5, 5.41) is 6.33. The van der Waals surface area contributed by atoms with Crippen LogP contribution < -0.4 is 10.2 Å². The summed E-state index contributed by atoms with van der Waals surface area (Å²) in [5.74, 6) is 1.69. The Morgan fingerprint density at radius 2 is 1.95 bits per heavy atom. The number of hydrogen-bond acceptors (Lipinski definition) is 6. The van der Waals surface area contributed by atoms with Crippen molar-refractivity contribution in [1.82, 2.24) is 15.1 Å². The van der Waals surface area contributed by atoms with E-state index in [0.717, 1.165) is 31.8 Å². The van der Waals surface area contributed by atoms with Gasteiger partial charge in [-0.15, -0.1) is 0 Å². The third-order valence-electron chi connectivity index (χ3n) is 3.96. The van der Waals surface area contributed by atoms with E-state index in [4.69, 9.17) is 4.52 Å². The zero-order valence-corrected chi connectivity index (χ0v) is 12.7. The van der Waals surface area contributed by atoms with E-state index >= 15 is 0 Å². The average Bonchev–Trinajstić information content (AvgIpc) is 2.95. The van der Waals surface area contributed by atoms with Crippen molar-refractivity contribution in [3.05, 3.63) is 29.9 Å². The molecule has 1 aliphatic rings. The van der Waals surface area contributed by atoms with E-state index in [9.17, 15) is 4.79 Å². The van der Waals surface area contributed by atoms with Crippen molar-refractivity contribution in [3.63, 3.8) is 0 Å². The topological polar surface area (TPSA) is 84.2 Å². The first kappa shape index (κ1) is 14.5. The lowest BCUT2D eigenvalue weighted by atomic mass is 10.00. The van der Waals surface area contributed by atoms with E-state index < -0.39 is 0 Å². The lowest BCUT2D eigenvalue weighted by Gasteiger charge is -2.30. The molecule has 1 aliphatic heterocycles. The maximum absolute atomic E-state index is 12.0. The van der Waals surface area contributed by atoms with Crippen LogP contribution in [0.3, 0.4) is 0 Å². The van der Waals surface area contributed by atoms with Crippen LogP contribution in [0.1, 0.15) is 35.9 Å². The van der Waals surface area contributed by atoms with Crippen LogP contribution in [0.15, 0.2) is 23.1 Å². The Kier molecular flexibility index (Phi) is 4.04. The fraction of sp³-hybridized carbons (Fsp3) is 0.467. The molecule has 22 heavy (non-hydrogen) atoms. The van der Waals surface area contributed by atoms with Crippen molar-refractivity contribution in [2.75, 3.05) is 23.3 Å². The molecule has 3 rings (SSSR count). The average molecular weight is 301 g/mol. The predicted molar refractivity (Wildman–Crippen MR) is 81.8 cm³/mol. The summed E-state index contributed by atoms with van der Waals surface area (Å²) >= 11 is 0. The van der Waals surface area contributed by atoms with Crippen molar-refractivity contribution in [2.24, 2.45) is 5.92 Å². The quantitative estimate of drug-likeness (QED) is 0.936. The van der Waals surface area contributed by atoms with Crippen LogP contribution in [-0.4, -0.2) is 34.1 Å². The van der Waals surface area contributed by atoms with E-state index in [0.29, 0.717) is 23.0 Å². The minimum Gasteiger partial charge on any atom is -0.361 e. The molecule has 0 unspecified atom stereocenters. The highest BCUT2D eigenvalue weighted by Crippen LogP contribution is 2.20. The van der Waals surface area contributed by atoms with Crippen LogP contribution in [0.2, 0.25) is 0 Å². The number of aryl methyl sites for hydroxylation is 1. The number of hydrogen-bond donors (Lipinski definition) is 1. The summed E-state index contributed by atoms with van der Waals surface area (Å²) in [7, 11) is 0. The Morgan fingerprint density at radius 1 is 1.27 bits per heavy atom. The largest absolute Gasteiger partial charge is 0.361 e. The highest BCUT2D eigenvalue weighted by Gasteiger charge is 2.18. The van der Waals surface area contributed by atoms with Gasteiger partial charge in [-0.2, -0.15) is 0 Å². The molecule has 0 aliphatic carbocycles. The highest BCUT2D eigenvalue weighted by atomic mass is 16.5. The molecule has 0 saturated carbocycles. The molecule has 2 aromatic heterocycles. The second kappa shape index (κ2) is 6.13. The molecular weight excluding hydrogens is 282 g/mol. The zero-order chi connectivity index (χ0) is 15.5. The summed E-state index contributed by atoms with van der Waals surface area (Å²) in [6.07, 6.45) is 6.97. The number of aromatic nitrogens is 3. The van der Waals surface area contributed by atoms with Gasteiger partial charge in [0.1, 0.15) is 11.3 Å². The van der Waals surface area contributed by atoms with E-state index in [1.807, 2.05) is 0 Å². The molecule has 7 nitrogen and oxygen atoms in total. The van der Waals surface area contributed by atoms with Gasteiger partial charge in [-0.3, -0.25) is 4.79 Å². The minimum atomic E-state index is -0.276. The third kappa shape index (κ3) is 3.08. The molecule has 1 saturated heterocycles. The Bertz CT molecular complexity index is 644. The number of nitrogens with one attached hydrogen (secondary N) is 1. The smallest absolute Gasteiger partial charge is 0.260 e. The van der Waals surface area contributed by atoms with Gasteiger partial charge in [-0.25, -0.2) is 9.97 Å². The molecule has 0 aromatic carbocycles. The first-order valence-corrected chi connectivity index (χ1v) is 7.43.